The first-order valence-electron chi connectivity index (χ1n) is 9.91. The Bertz CT molecular complexity index is 398. The van der Waals surface area contributed by atoms with Gasteiger partial charge in [0.15, 0.2) is 16.6 Å². The van der Waals surface area contributed by atoms with E-state index in [0.29, 0.717) is 6.61 Å². The minimum absolute atomic E-state index is 0.00319. The molecule has 0 rings (SSSR count). The lowest BCUT2D eigenvalue weighted by Crippen LogP contribution is -2.52. The first-order valence-corrected chi connectivity index (χ1v) is 19.0. The van der Waals surface area contributed by atoms with Crippen molar-refractivity contribution >= 4 is 31.2 Å². The van der Waals surface area contributed by atoms with Gasteiger partial charge in [-0.3, -0.25) is 4.79 Å². The molecule has 25 heavy (non-hydrogen) atoms. The van der Waals surface area contributed by atoms with Crippen LogP contribution in [0.2, 0.25) is 51.4 Å². The number of hydrogen-bond donors (Lipinski definition) is 0. The summed E-state index contributed by atoms with van der Waals surface area (Å²) in [5.41, 5.74) is 0. The van der Waals surface area contributed by atoms with Crippen molar-refractivity contribution in [2.45, 2.75) is 97.8 Å². The van der Waals surface area contributed by atoms with Crippen molar-refractivity contribution in [3.63, 3.8) is 0 Å². The topological polar surface area (TPSA) is 44.8 Å². The molecule has 0 aliphatic rings. The lowest BCUT2D eigenvalue weighted by atomic mass is 10.1. The monoisotopic (exact) mass is 406 g/mol. The minimum atomic E-state index is -2.11. The van der Waals surface area contributed by atoms with Gasteiger partial charge in [-0.05, 0) is 64.2 Å². The number of ether oxygens (including phenoxy) is 1. The molecule has 0 bridgehead atoms. The van der Waals surface area contributed by atoms with E-state index in [2.05, 4.69) is 46.2 Å². The predicted octanol–water partition coefficient (Wildman–Crippen LogP) is 5.91. The van der Waals surface area contributed by atoms with Crippen molar-refractivity contribution in [2.75, 3.05) is 6.61 Å². The molecule has 1 unspecified atom stereocenters. The van der Waals surface area contributed by atoms with Gasteiger partial charge >= 0.3 is 14.5 Å². The molecule has 0 aromatic carbocycles. The van der Waals surface area contributed by atoms with Crippen molar-refractivity contribution in [1.29, 1.82) is 0 Å². The first-order chi connectivity index (χ1) is 11.3. The van der Waals surface area contributed by atoms with Crippen molar-refractivity contribution in [2.24, 2.45) is 5.92 Å². The fourth-order valence-electron chi connectivity index (χ4n) is 3.04. The highest BCUT2D eigenvalue weighted by Crippen LogP contribution is 2.26. The second-order valence-corrected chi connectivity index (χ2v) is 21.3. The van der Waals surface area contributed by atoms with Gasteiger partial charge < -0.3 is 13.0 Å². The molecule has 0 aliphatic carbocycles. The molecule has 0 amide bonds. The summed E-state index contributed by atoms with van der Waals surface area (Å²) in [7, 11) is -5.56. The van der Waals surface area contributed by atoms with Crippen LogP contribution in [0.3, 0.4) is 0 Å². The fourth-order valence-corrected chi connectivity index (χ4v) is 17.2. The van der Waals surface area contributed by atoms with Crippen LogP contribution in [-0.2, 0) is 17.8 Å². The van der Waals surface area contributed by atoms with Gasteiger partial charge in [-0.1, -0.05) is 33.6 Å². The van der Waals surface area contributed by atoms with Gasteiger partial charge in [-0.2, -0.15) is 0 Å². The number of carbonyl (C=O) groups is 1. The van der Waals surface area contributed by atoms with Crippen LogP contribution < -0.4 is 0 Å². The van der Waals surface area contributed by atoms with Crippen LogP contribution in [0.15, 0.2) is 0 Å². The van der Waals surface area contributed by atoms with E-state index in [1.807, 2.05) is 13.8 Å². The molecule has 0 aromatic heterocycles. The SMILES string of the molecule is CCCC[Si](C)(C)O[Si](C)(C)O[Si](C)(C)CCCOC(=O)C(C)CC. The van der Waals surface area contributed by atoms with Gasteiger partial charge in [0.05, 0.1) is 12.5 Å². The highest BCUT2D eigenvalue weighted by atomic mass is 28.5. The van der Waals surface area contributed by atoms with Gasteiger partial charge in [0.25, 0.3) is 0 Å². The van der Waals surface area contributed by atoms with E-state index in [0.717, 1.165) is 18.9 Å². The molecule has 7 heteroatoms. The molecule has 0 aliphatic heterocycles. The Morgan fingerprint density at radius 2 is 1.36 bits per heavy atom. The van der Waals surface area contributed by atoms with Crippen molar-refractivity contribution < 1.29 is 17.8 Å². The molecule has 0 N–H and O–H groups in total. The van der Waals surface area contributed by atoms with E-state index in [1.54, 1.807) is 0 Å². The Morgan fingerprint density at radius 3 is 1.80 bits per heavy atom. The zero-order valence-electron chi connectivity index (χ0n) is 18.2. The molecule has 1 atom stereocenters. The van der Waals surface area contributed by atoms with E-state index < -0.39 is 25.2 Å². The second kappa shape index (κ2) is 11.0. The number of rotatable bonds is 13. The summed E-state index contributed by atoms with van der Waals surface area (Å²) in [5.74, 6) is -0.0823. The van der Waals surface area contributed by atoms with Crippen LogP contribution >= 0.6 is 0 Å². The molecular weight excluding hydrogens is 364 g/mol. The molecule has 0 heterocycles. The molecule has 0 saturated heterocycles. The van der Waals surface area contributed by atoms with Gasteiger partial charge in [0.2, 0.25) is 0 Å². The van der Waals surface area contributed by atoms with E-state index in [9.17, 15) is 4.79 Å². The molecule has 0 spiro atoms. The van der Waals surface area contributed by atoms with E-state index in [4.69, 9.17) is 13.0 Å². The van der Waals surface area contributed by atoms with Gasteiger partial charge in [-0.15, -0.1) is 0 Å². The zero-order chi connectivity index (χ0) is 19.7. The van der Waals surface area contributed by atoms with Crippen LogP contribution in [0.4, 0.5) is 0 Å². The van der Waals surface area contributed by atoms with Crippen molar-refractivity contribution in [3.8, 4) is 0 Å². The van der Waals surface area contributed by atoms with Crippen molar-refractivity contribution in [1.82, 2.24) is 0 Å². The lowest BCUT2D eigenvalue weighted by Gasteiger charge is -2.38. The van der Waals surface area contributed by atoms with Crippen LogP contribution in [-0.4, -0.2) is 37.8 Å². The first kappa shape index (κ1) is 25.0. The molecular formula is C18H42O4Si3. The molecule has 0 fully saturated rings. The van der Waals surface area contributed by atoms with Gasteiger partial charge in [-0.25, -0.2) is 0 Å². The Kier molecular flexibility index (Phi) is 11.0. The summed E-state index contributed by atoms with van der Waals surface area (Å²) in [6.45, 7) is 20.2. The van der Waals surface area contributed by atoms with Gasteiger partial charge in [0.1, 0.15) is 0 Å². The van der Waals surface area contributed by atoms with Crippen LogP contribution in [0, 0.1) is 5.92 Å². The Labute approximate surface area is 159 Å². The van der Waals surface area contributed by atoms with Crippen LogP contribution in [0.1, 0.15) is 46.5 Å². The summed E-state index contributed by atoms with van der Waals surface area (Å²) in [6, 6.07) is 2.20. The number of esters is 1. The number of hydrogen-bond acceptors (Lipinski definition) is 4. The molecule has 150 valence electrons. The van der Waals surface area contributed by atoms with E-state index in [-0.39, 0.29) is 11.9 Å². The third kappa shape index (κ3) is 12.1. The highest BCUT2D eigenvalue weighted by Gasteiger charge is 2.39. The summed E-state index contributed by atoms with van der Waals surface area (Å²) in [5, 5.41) is 0. The summed E-state index contributed by atoms with van der Waals surface area (Å²) >= 11 is 0. The van der Waals surface area contributed by atoms with Crippen molar-refractivity contribution in [3.05, 3.63) is 0 Å². The molecule has 4 nitrogen and oxygen atoms in total. The minimum Gasteiger partial charge on any atom is -0.465 e. The average Bonchev–Trinajstić information content (AvgIpc) is 2.46. The maximum Gasteiger partial charge on any atom is 0.311 e. The Morgan fingerprint density at radius 1 is 0.880 bits per heavy atom. The average molecular weight is 407 g/mol. The summed E-state index contributed by atoms with van der Waals surface area (Å²) in [4.78, 5) is 11.7. The maximum absolute atomic E-state index is 11.7. The van der Waals surface area contributed by atoms with E-state index in [1.165, 1.54) is 18.9 Å². The van der Waals surface area contributed by atoms with Gasteiger partial charge in [0, 0.05) is 0 Å². The zero-order valence-corrected chi connectivity index (χ0v) is 21.2. The third-order valence-corrected chi connectivity index (χ3v) is 15.8. The second-order valence-electron chi connectivity index (χ2n) is 8.81. The van der Waals surface area contributed by atoms with E-state index >= 15 is 0 Å². The van der Waals surface area contributed by atoms with Crippen LogP contribution in [0.5, 0.6) is 0 Å². The molecule has 0 radical (unpaired) electrons. The fraction of sp³-hybridized carbons (Fsp3) is 0.944. The predicted molar refractivity (Wildman–Crippen MR) is 114 cm³/mol. The lowest BCUT2D eigenvalue weighted by molar-refractivity contribution is -0.148. The standard InChI is InChI=1S/C18H42O4Si3/c1-10-12-15-23(4,5)21-25(8,9)22-24(6,7)16-13-14-20-18(19)17(3)11-2/h17H,10-16H2,1-9H3. The number of unbranched alkanes of at least 4 members (excludes halogenated alkanes) is 1. The largest absolute Gasteiger partial charge is 0.465 e. The summed E-state index contributed by atoms with van der Waals surface area (Å²) < 4.78 is 18.5. The Hall–Kier alpha value is 0.0406. The Balaban J connectivity index is 4.37. The number of carbonyl (C=O) groups excluding carboxylic acids is 1. The normalized spacial score (nSPS) is 14.4. The maximum atomic E-state index is 11.7. The molecule has 0 aromatic rings. The highest BCUT2D eigenvalue weighted by molar-refractivity contribution is 6.87. The smallest absolute Gasteiger partial charge is 0.311 e. The molecule has 0 saturated carbocycles. The summed E-state index contributed by atoms with van der Waals surface area (Å²) in [6.07, 6.45) is 4.17. The van der Waals surface area contributed by atoms with Crippen LogP contribution in [0.25, 0.3) is 0 Å². The third-order valence-electron chi connectivity index (χ3n) is 4.36. The quantitative estimate of drug-likeness (QED) is 0.217.